The van der Waals surface area contributed by atoms with Crippen LogP contribution in [0.5, 0.6) is 11.5 Å². The van der Waals surface area contributed by atoms with E-state index in [-0.39, 0.29) is 10.1 Å². The molecule has 4 aromatic rings. The van der Waals surface area contributed by atoms with E-state index in [2.05, 4.69) is 144 Å². The van der Waals surface area contributed by atoms with E-state index in [4.69, 9.17) is 4.74 Å². The van der Waals surface area contributed by atoms with Gasteiger partial charge in [0.2, 0.25) is 0 Å². The highest BCUT2D eigenvalue weighted by molar-refractivity contribution is 6.93. The van der Waals surface area contributed by atoms with Gasteiger partial charge in [-0.25, -0.2) is 0 Å². The van der Waals surface area contributed by atoms with Crippen molar-refractivity contribution < 1.29 is 4.74 Å². The van der Waals surface area contributed by atoms with Crippen LogP contribution in [0, 0.1) is 27.7 Å². The van der Waals surface area contributed by atoms with Gasteiger partial charge in [0.25, 0.3) is 0 Å². The van der Waals surface area contributed by atoms with Crippen molar-refractivity contribution in [1.29, 1.82) is 0 Å². The standard InChI is InChI=1S/C36H50OSi2/c1-23-15-17-27-21-31(38(11,12)35(5,6)7)25(3)33(29(27)19-23)37-34-26(4)32(39(13,14)36(8,9)10)22-28-18-16-24(2)20-30(28)34/h15-22H,1-14H3. The van der Waals surface area contributed by atoms with Gasteiger partial charge in [0, 0.05) is 10.8 Å². The first-order valence-electron chi connectivity index (χ1n) is 14.5. The molecule has 0 aliphatic heterocycles. The zero-order chi connectivity index (χ0) is 29.3. The summed E-state index contributed by atoms with van der Waals surface area (Å²) in [5, 5.41) is 8.45. The van der Waals surface area contributed by atoms with E-state index in [1.807, 2.05) is 0 Å². The van der Waals surface area contributed by atoms with Gasteiger partial charge in [-0.2, -0.15) is 0 Å². The van der Waals surface area contributed by atoms with Gasteiger partial charge in [-0.1, -0.05) is 126 Å². The fraction of sp³-hybridized carbons (Fsp3) is 0.444. The molecule has 0 aliphatic rings. The molecular formula is C36H50OSi2. The zero-order valence-electron chi connectivity index (χ0n) is 27.0. The topological polar surface area (TPSA) is 9.23 Å². The molecule has 0 aliphatic carbocycles. The maximum atomic E-state index is 7.32. The van der Waals surface area contributed by atoms with Crippen LogP contribution in [0.2, 0.25) is 36.3 Å². The monoisotopic (exact) mass is 554 g/mol. The second-order valence-electron chi connectivity index (χ2n) is 15.1. The SMILES string of the molecule is Cc1ccc2cc([Si](C)(C)C(C)(C)C)c(C)c(Oc3c(C)c([Si](C)(C)C(C)(C)C)cc4ccc(C)cc34)c2c1. The Labute approximate surface area is 240 Å². The largest absolute Gasteiger partial charge is 0.456 e. The van der Waals surface area contributed by atoms with E-state index in [0.717, 1.165) is 11.5 Å². The third-order valence-electron chi connectivity index (χ3n) is 10.3. The first-order valence-corrected chi connectivity index (χ1v) is 20.5. The molecule has 4 rings (SSSR count). The van der Waals surface area contributed by atoms with E-state index in [1.165, 1.54) is 54.2 Å². The molecule has 0 aromatic heterocycles. The lowest BCUT2D eigenvalue weighted by molar-refractivity contribution is 0.487. The van der Waals surface area contributed by atoms with Crippen LogP contribution in [0.1, 0.15) is 63.8 Å². The summed E-state index contributed by atoms with van der Waals surface area (Å²) in [5.41, 5.74) is 5.13. The lowest BCUT2D eigenvalue weighted by atomic mass is 10.0. The summed E-state index contributed by atoms with van der Waals surface area (Å²) in [7, 11) is -3.64. The Bertz CT molecular complexity index is 1460. The lowest BCUT2D eigenvalue weighted by Gasteiger charge is -2.39. The summed E-state index contributed by atoms with van der Waals surface area (Å²) in [6, 6.07) is 18.6. The molecule has 3 heteroatoms. The Morgan fingerprint density at radius 1 is 0.513 bits per heavy atom. The van der Waals surface area contributed by atoms with Crippen molar-refractivity contribution in [3.63, 3.8) is 0 Å². The molecule has 0 fully saturated rings. The molecule has 0 saturated carbocycles. The van der Waals surface area contributed by atoms with Crippen LogP contribution in [0.15, 0.2) is 48.5 Å². The fourth-order valence-corrected chi connectivity index (χ4v) is 10.4. The van der Waals surface area contributed by atoms with Gasteiger partial charge in [-0.15, -0.1) is 0 Å². The van der Waals surface area contributed by atoms with E-state index in [9.17, 15) is 0 Å². The molecule has 0 amide bonds. The molecule has 1 nitrogen and oxygen atoms in total. The minimum atomic E-state index is -1.82. The van der Waals surface area contributed by atoms with Crippen LogP contribution in [0.25, 0.3) is 21.5 Å². The average Bonchev–Trinajstić information content (AvgIpc) is 2.80. The summed E-state index contributed by atoms with van der Waals surface area (Å²) in [5.74, 6) is 2.07. The van der Waals surface area contributed by atoms with Crippen LogP contribution in [-0.4, -0.2) is 16.1 Å². The molecule has 0 N–H and O–H groups in total. The molecule has 0 radical (unpaired) electrons. The van der Waals surface area contributed by atoms with Crippen molar-refractivity contribution in [1.82, 2.24) is 0 Å². The minimum Gasteiger partial charge on any atom is -0.456 e. The average molecular weight is 555 g/mol. The zero-order valence-corrected chi connectivity index (χ0v) is 29.0. The van der Waals surface area contributed by atoms with Crippen molar-refractivity contribution in [2.45, 2.75) is 106 Å². The predicted octanol–water partition coefficient (Wildman–Crippen LogP) is 10.4. The van der Waals surface area contributed by atoms with Crippen LogP contribution in [0.3, 0.4) is 0 Å². The molecule has 0 spiro atoms. The molecule has 0 saturated heterocycles. The molecule has 0 bridgehead atoms. The highest BCUT2D eigenvalue weighted by Crippen LogP contribution is 2.44. The third kappa shape index (κ3) is 5.02. The van der Waals surface area contributed by atoms with Gasteiger partial charge in [0.1, 0.15) is 11.5 Å². The normalized spacial score (nSPS) is 13.4. The summed E-state index contributed by atoms with van der Waals surface area (Å²) in [6.07, 6.45) is 0. The van der Waals surface area contributed by atoms with Gasteiger partial charge in [-0.05, 0) is 71.8 Å². The fourth-order valence-electron chi connectivity index (χ4n) is 5.63. The first kappa shape index (κ1) is 29.6. The van der Waals surface area contributed by atoms with Crippen LogP contribution >= 0.6 is 0 Å². The van der Waals surface area contributed by atoms with Crippen molar-refractivity contribution in [2.24, 2.45) is 0 Å². The summed E-state index contributed by atoms with van der Waals surface area (Å²) >= 11 is 0. The minimum absolute atomic E-state index is 0.232. The Morgan fingerprint density at radius 3 is 1.15 bits per heavy atom. The van der Waals surface area contributed by atoms with Crippen molar-refractivity contribution >= 4 is 48.1 Å². The maximum absolute atomic E-state index is 7.32. The van der Waals surface area contributed by atoms with Crippen molar-refractivity contribution in [2.75, 3.05) is 0 Å². The molecule has 39 heavy (non-hydrogen) atoms. The molecule has 0 unspecified atom stereocenters. The van der Waals surface area contributed by atoms with Gasteiger partial charge in [0.05, 0.1) is 16.1 Å². The molecule has 208 valence electrons. The number of hydrogen-bond acceptors (Lipinski definition) is 1. The van der Waals surface area contributed by atoms with E-state index in [0.29, 0.717) is 0 Å². The quantitative estimate of drug-likeness (QED) is 0.228. The van der Waals surface area contributed by atoms with Crippen LogP contribution in [-0.2, 0) is 0 Å². The number of benzene rings is 4. The Morgan fingerprint density at radius 2 is 0.846 bits per heavy atom. The maximum Gasteiger partial charge on any atom is 0.138 e. The number of ether oxygens (including phenoxy) is 1. The van der Waals surface area contributed by atoms with Gasteiger partial charge < -0.3 is 4.74 Å². The molecule has 0 atom stereocenters. The van der Waals surface area contributed by atoms with E-state index in [1.54, 1.807) is 0 Å². The number of fused-ring (bicyclic) bond motifs is 2. The highest BCUT2D eigenvalue weighted by Gasteiger charge is 2.40. The Balaban J connectivity index is 2.11. The summed E-state index contributed by atoms with van der Waals surface area (Å²) < 4.78 is 7.32. The van der Waals surface area contributed by atoms with Gasteiger partial charge in [0.15, 0.2) is 0 Å². The van der Waals surface area contributed by atoms with Crippen molar-refractivity contribution in [3.8, 4) is 11.5 Å². The van der Waals surface area contributed by atoms with Gasteiger partial charge in [-0.3, -0.25) is 0 Å². The Hall–Kier alpha value is -2.37. The van der Waals surface area contributed by atoms with Gasteiger partial charge >= 0.3 is 0 Å². The number of aryl methyl sites for hydroxylation is 2. The summed E-state index contributed by atoms with van der Waals surface area (Å²) in [4.78, 5) is 0. The highest BCUT2D eigenvalue weighted by atomic mass is 28.3. The second kappa shape index (κ2) is 9.63. The molecular weight excluding hydrogens is 505 g/mol. The van der Waals surface area contributed by atoms with Crippen LogP contribution in [0.4, 0.5) is 0 Å². The smallest absolute Gasteiger partial charge is 0.138 e. The molecule has 4 aromatic carbocycles. The van der Waals surface area contributed by atoms with Crippen molar-refractivity contribution in [3.05, 3.63) is 70.8 Å². The molecule has 0 heterocycles. The number of hydrogen-bond donors (Lipinski definition) is 0. The third-order valence-corrected chi connectivity index (χ3v) is 21.5. The van der Waals surface area contributed by atoms with E-state index >= 15 is 0 Å². The number of rotatable bonds is 4. The first-order chi connectivity index (χ1) is 17.8. The van der Waals surface area contributed by atoms with E-state index < -0.39 is 16.1 Å². The van der Waals surface area contributed by atoms with Crippen LogP contribution < -0.4 is 15.1 Å². The Kier molecular flexibility index (Phi) is 7.31. The second-order valence-corrected chi connectivity index (χ2v) is 25.6. The lowest BCUT2D eigenvalue weighted by Crippen LogP contribution is -2.51. The summed E-state index contributed by atoms with van der Waals surface area (Å²) in [6.45, 7) is 33.5. The predicted molar refractivity (Wildman–Crippen MR) is 181 cm³/mol.